The van der Waals surface area contributed by atoms with Crippen LogP contribution in [-0.2, 0) is 0 Å². The van der Waals surface area contributed by atoms with Gasteiger partial charge in [0, 0.05) is 6.04 Å². The number of rotatable bonds is 0. The van der Waals surface area contributed by atoms with Crippen LogP contribution >= 0.6 is 0 Å². The van der Waals surface area contributed by atoms with E-state index in [1.54, 1.807) is 0 Å². The zero-order chi connectivity index (χ0) is 9.42. The minimum absolute atomic E-state index is 0.0458. The van der Waals surface area contributed by atoms with E-state index in [4.69, 9.17) is 5.73 Å². The van der Waals surface area contributed by atoms with E-state index < -0.39 is 0 Å². The van der Waals surface area contributed by atoms with Crippen molar-refractivity contribution >= 4 is 0 Å². The maximum atomic E-state index is 9.75. The van der Waals surface area contributed by atoms with Crippen LogP contribution in [0.1, 0.15) is 39.0 Å². The number of nitrogens with two attached hydrogens (primary N) is 1. The first-order valence-corrected chi connectivity index (χ1v) is 5.62. The minimum atomic E-state index is -0.0458. The highest BCUT2D eigenvalue weighted by Gasteiger charge is 2.38. The van der Waals surface area contributed by atoms with Crippen molar-refractivity contribution in [3.63, 3.8) is 0 Å². The molecule has 2 aliphatic rings. The van der Waals surface area contributed by atoms with Crippen LogP contribution in [0.15, 0.2) is 0 Å². The Labute approximate surface area is 80.5 Å². The van der Waals surface area contributed by atoms with Crippen molar-refractivity contribution in [2.45, 2.75) is 51.2 Å². The molecule has 0 spiro atoms. The number of aliphatic hydroxyl groups is 1. The van der Waals surface area contributed by atoms with Gasteiger partial charge >= 0.3 is 0 Å². The molecule has 0 radical (unpaired) electrons. The molecule has 5 unspecified atom stereocenters. The first kappa shape index (κ1) is 9.47. The molecule has 2 fully saturated rings. The topological polar surface area (TPSA) is 46.2 Å². The van der Waals surface area contributed by atoms with Crippen LogP contribution < -0.4 is 5.73 Å². The van der Waals surface area contributed by atoms with Gasteiger partial charge in [-0.2, -0.15) is 0 Å². The summed E-state index contributed by atoms with van der Waals surface area (Å²) in [7, 11) is 0. The van der Waals surface area contributed by atoms with Crippen LogP contribution in [0, 0.1) is 17.8 Å². The normalized spacial score (nSPS) is 51.5. The van der Waals surface area contributed by atoms with Gasteiger partial charge < -0.3 is 10.8 Å². The molecular weight excluding hydrogens is 162 g/mol. The standard InChI is InChI=1S/C11H21NO/c1-7-10-4-3-9(12)6-8(10)2-5-11(7)13/h7-11,13H,2-6,12H2,1H3. The molecule has 0 aliphatic heterocycles. The predicted molar refractivity (Wildman–Crippen MR) is 53.2 cm³/mol. The highest BCUT2D eigenvalue weighted by Crippen LogP contribution is 2.43. The zero-order valence-corrected chi connectivity index (χ0v) is 8.45. The summed E-state index contributed by atoms with van der Waals surface area (Å²) in [5.74, 6) is 2.07. The molecule has 13 heavy (non-hydrogen) atoms. The number of hydrogen-bond acceptors (Lipinski definition) is 2. The lowest BCUT2D eigenvalue weighted by atomic mass is 9.64. The van der Waals surface area contributed by atoms with Gasteiger partial charge in [0.1, 0.15) is 0 Å². The fourth-order valence-corrected chi connectivity index (χ4v) is 3.28. The Morgan fingerprint density at radius 1 is 1.15 bits per heavy atom. The fourth-order valence-electron chi connectivity index (χ4n) is 3.28. The Kier molecular flexibility index (Phi) is 2.61. The molecule has 76 valence electrons. The Hall–Kier alpha value is -0.0800. The summed E-state index contributed by atoms with van der Waals surface area (Å²) in [6.45, 7) is 2.21. The molecule has 2 rings (SSSR count). The van der Waals surface area contributed by atoms with Crippen molar-refractivity contribution < 1.29 is 5.11 Å². The summed E-state index contributed by atoms with van der Waals surface area (Å²) in [5, 5.41) is 9.75. The lowest BCUT2D eigenvalue weighted by Gasteiger charge is -2.44. The van der Waals surface area contributed by atoms with Gasteiger partial charge in [-0.1, -0.05) is 6.92 Å². The van der Waals surface area contributed by atoms with Gasteiger partial charge in [0.2, 0.25) is 0 Å². The van der Waals surface area contributed by atoms with Gasteiger partial charge in [-0.3, -0.25) is 0 Å². The first-order chi connectivity index (χ1) is 6.18. The maximum Gasteiger partial charge on any atom is 0.0568 e. The molecule has 2 heteroatoms. The fraction of sp³-hybridized carbons (Fsp3) is 1.00. The molecule has 0 amide bonds. The van der Waals surface area contributed by atoms with Crippen LogP contribution in [0.5, 0.6) is 0 Å². The van der Waals surface area contributed by atoms with Crippen LogP contribution in [0.25, 0.3) is 0 Å². The zero-order valence-electron chi connectivity index (χ0n) is 8.45. The third-order valence-corrected chi connectivity index (χ3v) is 4.20. The Bertz CT molecular complexity index is 183. The third kappa shape index (κ3) is 1.75. The van der Waals surface area contributed by atoms with Gasteiger partial charge in [0.25, 0.3) is 0 Å². The highest BCUT2D eigenvalue weighted by atomic mass is 16.3. The van der Waals surface area contributed by atoms with Crippen LogP contribution in [-0.4, -0.2) is 17.3 Å². The van der Waals surface area contributed by atoms with E-state index in [2.05, 4.69) is 6.92 Å². The van der Waals surface area contributed by atoms with Gasteiger partial charge in [-0.25, -0.2) is 0 Å². The van der Waals surface area contributed by atoms with E-state index in [-0.39, 0.29) is 6.10 Å². The number of hydrogen-bond donors (Lipinski definition) is 2. The molecule has 0 aromatic rings. The van der Waals surface area contributed by atoms with Crippen molar-refractivity contribution in [2.75, 3.05) is 0 Å². The summed E-state index contributed by atoms with van der Waals surface area (Å²) in [6, 6.07) is 0.434. The largest absolute Gasteiger partial charge is 0.393 e. The predicted octanol–water partition coefficient (Wildman–Crippen LogP) is 1.52. The van der Waals surface area contributed by atoms with Gasteiger partial charge in [0.15, 0.2) is 0 Å². The lowest BCUT2D eigenvalue weighted by Crippen LogP contribution is -2.42. The van der Waals surface area contributed by atoms with Crippen LogP contribution in [0.4, 0.5) is 0 Å². The van der Waals surface area contributed by atoms with E-state index in [9.17, 15) is 5.11 Å². The Morgan fingerprint density at radius 3 is 2.69 bits per heavy atom. The molecule has 2 aliphatic carbocycles. The van der Waals surface area contributed by atoms with Crippen molar-refractivity contribution in [1.82, 2.24) is 0 Å². The SMILES string of the molecule is CC1C(O)CCC2CC(N)CCC21. The Balaban J connectivity index is 2.02. The van der Waals surface area contributed by atoms with E-state index in [0.717, 1.165) is 24.7 Å². The molecular formula is C11H21NO. The van der Waals surface area contributed by atoms with Crippen molar-refractivity contribution in [3.05, 3.63) is 0 Å². The van der Waals surface area contributed by atoms with Crippen molar-refractivity contribution in [3.8, 4) is 0 Å². The maximum absolute atomic E-state index is 9.75. The molecule has 0 saturated heterocycles. The molecule has 0 bridgehead atoms. The quantitative estimate of drug-likeness (QED) is 0.598. The van der Waals surface area contributed by atoms with Gasteiger partial charge in [0.05, 0.1) is 6.10 Å². The summed E-state index contributed by atoms with van der Waals surface area (Å²) >= 11 is 0. The molecule has 0 aromatic heterocycles. The molecule has 3 N–H and O–H groups in total. The second-order valence-corrected chi connectivity index (χ2v) is 5.00. The van der Waals surface area contributed by atoms with Gasteiger partial charge in [-0.15, -0.1) is 0 Å². The van der Waals surface area contributed by atoms with E-state index in [1.165, 1.54) is 19.3 Å². The molecule has 0 heterocycles. The monoisotopic (exact) mass is 183 g/mol. The molecule has 0 aromatic carbocycles. The van der Waals surface area contributed by atoms with Crippen molar-refractivity contribution in [2.24, 2.45) is 23.5 Å². The second kappa shape index (κ2) is 3.58. The van der Waals surface area contributed by atoms with E-state index >= 15 is 0 Å². The third-order valence-electron chi connectivity index (χ3n) is 4.20. The first-order valence-electron chi connectivity index (χ1n) is 5.62. The molecule has 2 nitrogen and oxygen atoms in total. The van der Waals surface area contributed by atoms with Crippen LogP contribution in [0.2, 0.25) is 0 Å². The smallest absolute Gasteiger partial charge is 0.0568 e. The average molecular weight is 183 g/mol. The summed E-state index contributed by atoms with van der Waals surface area (Å²) in [4.78, 5) is 0. The van der Waals surface area contributed by atoms with Gasteiger partial charge in [-0.05, 0) is 49.9 Å². The average Bonchev–Trinajstić information content (AvgIpc) is 2.12. The Morgan fingerprint density at radius 2 is 1.92 bits per heavy atom. The van der Waals surface area contributed by atoms with Crippen molar-refractivity contribution in [1.29, 1.82) is 0 Å². The lowest BCUT2D eigenvalue weighted by molar-refractivity contribution is -0.00919. The van der Waals surface area contributed by atoms with Crippen LogP contribution in [0.3, 0.4) is 0 Å². The number of aliphatic hydroxyl groups excluding tert-OH is 1. The molecule has 2 saturated carbocycles. The van der Waals surface area contributed by atoms with E-state index in [1.807, 2.05) is 0 Å². The van der Waals surface area contributed by atoms with E-state index in [0.29, 0.717) is 12.0 Å². The highest BCUT2D eigenvalue weighted by molar-refractivity contribution is 4.90. The summed E-state index contributed by atoms with van der Waals surface area (Å²) < 4.78 is 0. The molecule has 5 atom stereocenters. The summed E-state index contributed by atoms with van der Waals surface area (Å²) in [6.07, 6.45) is 5.75. The minimum Gasteiger partial charge on any atom is -0.393 e. The second-order valence-electron chi connectivity index (χ2n) is 5.00. The number of fused-ring (bicyclic) bond motifs is 1. The summed E-state index contributed by atoms with van der Waals surface area (Å²) in [5.41, 5.74) is 5.96.